The van der Waals surface area contributed by atoms with Crippen LogP contribution in [0, 0.1) is 11.3 Å². The lowest BCUT2D eigenvalue weighted by Crippen LogP contribution is -2.44. The molecule has 2 unspecified atom stereocenters. The fourth-order valence-electron chi connectivity index (χ4n) is 3.42. The van der Waals surface area contributed by atoms with Crippen molar-refractivity contribution in [1.82, 2.24) is 9.97 Å². The quantitative estimate of drug-likeness (QED) is 0.315. The Morgan fingerprint density at radius 2 is 1.89 bits per heavy atom. The maximum atomic E-state index is 12.9. The molecule has 0 amide bonds. The van der Waals surface area contributed by atoms with Crippen molar-refractivity contribution in [2.24, 2.45) is 5.73 Å². The van der Waals surface area contributed by atoms with E-state index in [0.717, 1.165) is 0 Å². The fraction of sp³-hybridized carbons (Fsp3) is 0.333. The lowest BCUT2D eigenvalue weighted by Gasteiger charge is -2.31. The molecular formula is C27H31N5O4. The molecule has 4 N–H and O–H groups in total. The van der Waals surface area contributed by atoms with Gasteiger partial charge < -0.3 is 25.6 Å². The number of hydrogen-bond acceptors (Lipinski definition) is 9. The van der Waals surface area contributed by atoms with Gasteiger partial charge in [0.05, 0.1) is 17.5 Å². The van der Waals surface area contributed by atoms with Crippen molar-refractivity contribution in [1.29, 1.82) is 5.26 Å². The van der Waals surface area contributed by atoms with Crippen LogP contribution in [0.2, 0.25) is 0 Å². The monoisotopic (exact) mass is 489 g/mol. The molecule has 0 saturated carbocycles. The first kappa shape index (κ1) is 26.6. The molecule has 0 fully saturated rings. The Hall–Kier alpha value is -4.00. The van der Waals surface area contributed by atoms with Gasteiger partial charge in [0.15, 0.2) is 6.29 Å². The molecule has 0 aliphatic rings. The number of aromatic nitrogens is 2. The number of anilines is 2. The molecule has 9 nitrogen and oxygen atoms in total. The number of hydrogen-bond donors (Lipinski definition) is 3. The molecule has 0 saturated heterocycles. The van der Waals surface area contributed by atoms with E-state index < -0.39 is 23.3 Å². The van der Waals surface area contributed by atoms with E-state index in [2.05, 4.69) is 21.4 Å². The molecule has 0 bridgehead atoms. The summed E-state index contributed by atoms with van der Waals surface area (Å²) in [6.45, 7) is 8.77. The van der Waals surface area contributed by atoms with E-state index in [9.17, 15) is 15.2 Å². The number of nitrogens with zero attached hydrogens (tertiary/aromatic N) is 3. The zero-order valence-electron chi connectivity index (χ0n) is 21.1. The highest BCUT2D eigenvalue weighted by Crippen LogP contribution is 2.30. The summed E-state index contributed by atoms with van der Waals surface area (Å²) in [7, 11) is 0. The number of nitrogens with one attached hydrogen (secondary N) is 1. The van der Waals surface area contributed by atoms with Crippen molar-refractivity contribution in [2.75, 3.05) is 11.9 Å². The molecule has 0 aliphatic heterocycles. The summed E-state index contributed by atoms with van der Waals surface area (Å²) in [5.74, 6) is 0.355. The topological polar surface area (TPSA) is 143 Å². The maximum absolute atomic E-state index is 12.9. The summed E-state index contributed by atoms with van der Waals surface area (Å²) < 4.78 is 10.9. The van der Waals surface area contributed by atoms with Crippen LogP contribution in [0.15, 0.2) is 54.7 Å². The summed E-state index contributed by atoms with van der Waals surface area (Å²) in [4.78, 5) is 21.7. The minimum atomic E-state index is -1.03. The van der Waals surface area contributed by atoms with Crippen LogP contribution < -0.4 is 15.8 Å². The smallest absolute Gasteiger partial charge is 0.318 e. The van der Waals surface area contributed by atoms with Gasteiger partial charge in [0.25, 0.3) is 0 Å². The Morgan fingerprint density at radius 3 is 2.47 bits per heavy atom. The predicted molar refractivity (Wildman–Crippen MR) is 136 cm³/mol. The van der Waals surface area contributed by atoms with Crippen LogP contribution in [0.4, 0.5) is 11.6 Å². The Morgan fingerprint density at radius 1 is 1.19 bits per heavy atom. The van der Waals surface area contributed by atoms with E-state index in [1.54, 1.807) is 55.5 Å². The van der Waals surface area contributed by atoms with Crippen molar-refractivity contribution in [2.45, 2.75) is 51.9 Å². The first-order valence-corrected chi connectivity index (χ1v) is 11.5. The van der Waals surface area contributed by atoms with Crippen LogP contribution in [0.3, 0.4) is 0 Å². The van der Waals surface area contributed by atoms with Crippen LogP contribution in [0.1, 0.15) is 45.7 Å². The van der Waals surface area contributed by atoms with Crippen molar-refractivity contribution < 1.29 is 19.4 Å². The molecule has 1 aromatic heterocycles. The first-order valence-electron chi connectivity index (χ1n) is 11.5. The van der Waals surface area contributed by atoms with Crippen LogP contribution in [0.25, 0.3) is 11.3 Å². The van der Waals surface area contributed by atoms with Crippen molar-refractivity contribution in [3.8, 4) is 23.1 Å². The molecule has 2 aromatic carbocycles. The largest absolute Gasteiger partial charge is 0.465 e. The molecule has 0 spiro atoms. The molecule has 3 aromatic rings. The predicted octanol–water partition coefficient (Wildman–Crippen LogP) is 4.03. The Labute approximate surface area is 210 Å². The summed E-state index contributed by atoms with van der Waals surface area (Å²) in [6, 6.07) is 16.3. The van der Waals surface area contributed by atoms with E-state index in [1.807, 2.05) is 20.8 Å². The molecule has 36 heavy (non-hydrogen) atoms. The Balaban J connectivity index is 1.90. The highest BCUT2D eigenvalue weighted by atomic mass is 16.6. The lowest BCUT2D eigenvalue weighted by atomic mass is 9.82. The van der Waals surface area contributed by atoms with E-state index in [4.69, 9.17) is 15.2 Å². The van der Waals surface area contributed by atoms with Gasteiger partial charge in [-0.3, -0.25) is 4.79 Å². The van der Waals surface area contributed by atoms with Crippen LogP contribution in [-0.4, -0.2) is 39.5 Å². The number of aliphatic hydroxyl groups is 1. The number of ether oxygens (including phenoxy) is 2. The van der Waals surface area contributed by atoms with E-state index in [1.165, 1.54) is 13.1 Å². The summed E-state index contributed by atoms with van der Waals surface area (Å²) in [5.41, 5.74) is 7.08. The zero-order valence-corrected chi connectivity index (χ0v) is 21.1. The van der Waals surface area contributed by atoms with Gasteiger partial charge in [0.1, 0.15) is 22.8 Å². The van der Waals surface area contributed by atoms with Crippen molar-refractivity contribution in [3.63, 3.8) is 0 Å². The summed E-state index contributed by atoms with van der Waals surface area (Å²) >= 11 is 0. The number of carbonyl (C=O) groups is 1. The average molecular weight is 490 g/mol. The Bertz CT molecular complexity index is 1260. The molecule has 2 atom stereocenters. The minimum absolute atomic E-state index is 0.0735. The average Bonchev–Trinajstić information content (AvgIpc) is 2.82. The number of nitrogens with two attached hydrogens (primary N) is 1. The molecule has 0 aliphatic carbocycles. The van der Waals surface area contributed by atoms with Gasteiger partial charge in [-0.2, -0.15) is 5.26 Å². The van der Waals surface area contributed by atoms with Crippen LogP contribution in [0.5, 0.6) is 5.75 Å². The fourth-order valence-corrected chi connectivity index (χ4v) is 3.42. The molecule has 188 valence electrons. The molecule has 9 heteroatoms. The third-order valence-electron chi connectivity index (χ3n) is 5.36. The van der Waals surface area contributed by atoms with Crippen LogP contribution in [-0.2, 0) is 14.9 Å². The second-order valence-corrected chi connectivity index (χ2v) is 9.55. The standard InChI is InChI=1S/C27H31N5O4/c1-17(33)35-22-8-6-7-21(13-22)31-25-30-15-19(14-28)23(32-25)18-9-11-20(12-10-18)27(5,16-29)24(34)36-26(2,3)4/h6-13,15,17,33H,16,29H2,1-5H3,(H,30,31,32). The normalized spacial score (nSPS) is 13.7. The summed E-state index contributed by atoms with van der Waals surface area (Å²) in [5, 5.41) is 22.1. The van der Waals surface area contributed by atoms with E-state index in [0.29, 0.717) is 33.8 Å². The number of esters is 1. The number of carbonyl (C=O) groups excluding carboxylic acids is 1. The highest BCUT2D eigenvalue weighted by molar-refractivity contribution is 5.84. The lowest BCUT2D eigenvalue weighted by molar-refractivity contribution is -0.161. The third-order valence-corrected chi connectivity index (χ3v) is 5.36. The minimum Gasteiger partial charge on any atom is -0.465 e. The number of nitriles is 1. The first-order chi connectivity index (χ1) is 16.9. The number of benzene rings is 2. The van der Waals surface area contributed by atoms with Gasteiger partial charge in [-0.05, 0) is 52.3 Å². The van der Waals surface area contributed by atoms with Gasteiger partial charge in [-0.1, -0.05) is 30.3 Å². The molecular weight excluding hydrogens is 458 g/mol. The van der Waals surface area contributed by atoms with Gasteiger partial charge in [-0.25, -0.2) is 9.97 Å². The molecule has 0 radical (unpaired) electrons. The van der Waals surface area contributed by atoms with Gasteiger partial charge in [0.2, 0.25) is 5.95 Å². The summed E-state index contributed by atoms with van der Waals surface area (Å²) in [6.07, 6.45) is 0.497. The SMILES string of the molecule is CC(O)Oc1cccc(Nc2ncc(C#N)c(-c3ccc(C(C)(CN)C(=O)OC(C)(C)C)cc3)n2)c1. The number of rotatable bonds is 8. The van der Waals surface area contributed by atoms with Gasteiger partial charge in [0, 0.05) is 23.9 Å². The number of aliphatic hydroxyl groups excluding tert-OH is 1. The van der Waals surface area contributed by atoms with Crippen LogP contribution >= 0.6 is 0 Å². The van der Waals surface area contributed by atoms with Crippen molar-refractivity contribution >= 4 is 17.6 Å². The van der Waals surface area contributed by atoms with Gasteiger partial charge >= 0.3 is 5.97 Å². The second kappa shape index (κ2) is 10.7. The van der Waals surface area contributed by atoms with Crippen molar-refractivity contribution in [3.05, 3.63) is 65.9 Å². The Kier molecular flexibility index (Phi) is 7.93. The van der Waals surface area contributed by atoms with E-state index in [-0.39, 0.29) is 12.5 Å². The molecule has 3 rings (SSSR count). The molecule has 1 heterocycles. The van der Waals surface area contributed by atoms with Gasteiger partial charge in [-0.15, -0.1) is 0 Å². The third kappa shape index (κ3) is 6.36. The second-order valence-electron chi connectivity index (χ2n) is 9.55. The maximum Gasteiger partial charge on any atom is 0.318 e. The zero-order chi connectivity index (χ0) is 26.5. The van der Waals surface area contributed by atoms with E-state index >= 15 is 0 Å². The highest BCUT2D eigenvalue weighted by Gasteiger charge is 2.37.